The van der Waals surface area contributed by atoms with Crippen molar-refractivity contribution in [2.45, 2.75) is 25.4 Å². The molecule has 2 amide bonds. The van der Waals surface area contributed by atoms with E-state index in [0.717, 1.165) is 12.1 Å². The fourth-order valence-electron chi connectivity index (χ4n) is 2.60. The summed E-state index contributed by atoms with van der Waals surface area (Å²) in [7, 11) is 0. The Morgan fingerprint density at radius 1 is 1.38 bits per heavy atom. The zero-order valence-corrected chi connectivity index (χ0v) is 13.2. The van der Waals surface area contributed by atoms with Crippen molar-refractivity contribution in [2.75, 3.05) is 26.2 Å². The van der Waals surface area contributed by atoms with Crippen LogP contribution in [0.25, 0.3) is 0 Å². The molecule has 1 heterocycles. The van der Waals surface area contributed by atoms with Crippen molar-refractivity contribution in [1.29, 1.82) is 0 Å². The molecule has 1 aromatic carbocycles. The number of hydrogen-bond acceptors (Lipinski definition) is 4. The molecule has 0 aliphatic carbocycles. The maximum Gasteiger partial charge on any atom is 0.237 e. The van der Waals surface area contributed by atoms with Crippen LogP contribution < -0.4 is 10.6 Å². The molecule has 0 radical (unpaired) electrons. The highest BCUT2D eigenvalue weighted by molar-refractivity contribution is 5.88. The van der Waals surface area contributed by atoms with E-state index in [1.807, 2.05) is 0 Å². The minimum Gasteiger partial charge on any atom is -0.396 e. The Hall–Kier alpha value is -2.06. The van der Waals surface area contributed by atoms with E-state index in [2.05, 4.69) is 10.6 Å². The van der Waals surface area contributed by atoms with Gasteiger partial charge in [0.15, 0.2) is 11.6 Å². The Kier molecular flexibility index (Phi) is 6.62. The van der Waals surface area contributed by atoms with E-state index in [0.29, 0.717) is 31.6 Å². The van der Waals surface area contributed by atoms with Gasteiger partial charge in [0.1, 0.15) is 0 Å². The number of carbonyl (C=O) groups is 2. The largest absolute Gasteiger partial charge is 0.396 e. The molecule has 1 unspecified atom stereocenters. The number of aliphatic hydroxyl groups is 1. The van der Waals surface area contributed by atoms with E-state index in [1.54, 1.807) is 4.90 Å². The molecule has 1 atom stereocenters. The van der Waals surface area contributed by atoms with Gasteiger partial charge in [-0.05, 0) is 24.1 Å². The SMILES string of the molecule is O=C(CC1C(=O)NCCN1Cc1ccc(F)c(F)c1)NCCCO. The van der Waals surface area contributed by atoms with Gasteiger partial charge in [-0.2, -0.15) is 0 Å². The van der Waals surface area contributed by atoms with Gasteiger partial charge in [0.25, 0.3) is 0 Å². The van der Waals surface area contributed by atoms with Crippen LogP contribution in [0.4, 0.5) is 8.78 Å². The van der Waals surface area contributed by atoms with E-state index in [-0.39, 0.29) is 31.4 Å². The second-order valence-electron chi connectivity index (χ2n) is 5.66. The maximum atomic E-state index is 13.3. The van der Waals surface area contributed by atoms with Crippen LogP contribution in [0.5, 0.6) is 0 Å². The molecule has 0 saturated carbocycles. The molecule has 3 N–H and O–H groups in total. The first kappa shape index (κ1) is 18.3. The van der Waals surface area contributed by atoms with Gasteiger partial charge in [0.2, 0.25) is 11.8 Å². The first-order chi connectivity index (χ1) is 11.5. The number of amides is 2. The highest BCUT2D eigenvalue weighted by Crippen LogP contribution is 2.16. The van der Waals surface area contributed by atoms with Crippen molar-refractivity contribution in [2.24, 2.45) is 0 Å². The second-order valence-corrected chi connectivity index (χ2v) is 5.66. The van der Waals surface area contributed by atoms with Crippen molar-refractivity contribution in [3.8, 4) is 0 Å². The minimum atomic E-state index is -0.938. The molecule has 1 fully saturated rings. The fraction of sp³-hybridized carbons (Fsp3) is 0.500. The fourth-order valence-corrected chi connectivity index (χ4v) is 2.60. The molecule has 6 nitrogen and oxygen atoms in total. The highest BCUT2D eigenvalue weighted by atomic mass is 19.2. The standard InChI is InChI=1S/C16H21F2N3O3/c17-12-3-2-11(8-13(12)18)10-21-6-5-20-16(24)14(21)9-15(23)19-4-1-7-22/h2-3,8,14,22H,1,4-7,9-10H2,(H,19,23)(H,20,24). The molecule has 1 aliphatic heterocycles. The summed E-state index contributed by atoms with van der Waals surface area (Å²) in [6, 6.07) is 2.94. The van der Waals surface area contributed by atoms with E-state index in [1.165, 1.54) is 6.07 Å². The van der Waals surface area contributed by atoms with Crippen molar-refractivity contribution < 1.29 is 23.5 Å². The monoisotopic (exact) mass is 341 g/mol. The molecular formula is C16H21F2N3O3. The Labute approximate surface area is 138 Å². The molecule has 132 valence electrons. The Morgan fingerprint density at radius 2 is 2.17 bits per heavy atom. The molecule has 1 saturated heterocycles. The van der Waals surface area contributed by atoms with Crippen LogP contribution in [0.3, 0.4) is 0 Å². The zero-order chi connectivity index (χ0) is 17.5. The van der Waals surface area contributed by atoms with Crippen LogP contribution in [0, 0.1) is 11.6 Å². The van der Waals surface area contributed by atoms with Gasteiger partial charge >= 0.3 is 0 Å². The molecule has 0 spiro atoms. The minimum absolute atomic E-state index is 0.0214. The molecule has 0 aromatic heterocycles. The number of rotatable bonds is 7. The summed E-state index contributed by atoms with van der Waals surface area (Å²) in [4.78, 5) is 25.8. The lowest BCUT2D eigenvalue weighted by molar-refractivity contribution is -0.134. The van der Waals surface area contributed by atoms with Crippen LogP contribution in [-0.4, -0.2) is 54.1 Å². The van der Waals surface area contributed by atoms with Gasteiger partial charge in [-0.3, -0.25) is 14.5 Å². The average Bonchev–Trinajstić information content (AvgIpc) is 2.54. The van der Waals surface area contributed by atoms with Crippen LogP contribution in [-0.2, 0) is 16.1 Å². The lowest BCUT2D eigenvalue weighted by Gasteiger charge is -2.34. The number of nitrogens with one attached hydrogen (secondary N) is 2. The summed E-state index contributed by atoms with van der Waals surface area (Å²) in [5, 5.41) is 14.1. The van der Waals surface area contributed by atoms with E-state index in [4.69, 9.17) is 5.11 Å². The Morgan fingerprint density at radius 3 is 2.88 bits per heavy atom. The number of carbonyl (C=O) groups excluding carboxylic acids is 2. The van der Waals surface area contributed by atoms with Gasteiger partial charge in [0.05, 0.1) is 12.5 Å². The lowest BCUT2D eigenvalue weighted by atomic mass is 10.1. The van der Waals surface area contributed by atoms with Crippen molar-refractivity contribution in [1.82, 2.24) is 15.5 Å². The van der Waals surface area contributed by atoms with Gasteiger partial charge in [-0.1, -0.05) is 6.07 Å². The maximum absolute atomic E-state index is 13.3. The van der Waals surface area contributed by atoms with Gasteiger partial charge in [-0.15, -0.1) is 0 Å². The third-order valence-electron chi connectivity index (χ3n) is 3.85. The summed E-state index contributed by atoms with van der Waals surface area (Å²) < 4.78 is 26.3. The van der Waals surface area contributed by atoms with Gasteiger partial charge in [0, 0.05) is 32.8 Å². The van der Waals surface area contributed by atoms with Crippen molar-refractivity contribution in [3.05, 3.63) is 35.4 Å². The normalized spacial score (nSPS) is 18.3. The number of aliphatic hydroxyl groups excluding tert-OH is 1. The molecule has 0 bridgehead atoms. The van der Waals surface area contributed by atoms with Gasteiger partial charge < -0.3 is 15.7 Å². The molecule has 1 aliphatic rings. The van der Waals surface area contributed by atoms with Crippen LogP contribution >= 0.6 is 0 Å². The Bertz CT molecular complexity index is 598. The number of hydrogen-bond donors (Lipinski definition) is 3. The summed E-state index contributed by atoms with van der Waals surface area (Å²) in [6.45, 7) is 1.52. The Balaban J connectivity index is 2.01. The number of nitrogens with zero attached hydrogens (tertiary/aromatic N) is 1. The number of benzene rings is 1. The molecule has 24 heavy (non-hydrogen) atoms. The van der Waals surface area contributed by atoms with Crippen molar-refractivity contribution in [3.63, 3.8) is 0 Å². The number of piperazine rings is 1. The van der Waals surface area contributed by atoms with Crippen LogP contribution in [0.1, 0.15) is 18.4 Å². The number of halogens is 2. The quantitative estimate of drug-likeness (QED) is 0.617. The van der Waals surface area contributed by atoms with E-state index < -0.39 is 17.7 Å². The van der Waals surface area contributed by atoms with Gasteiger partial charge in [-0.25, -0.2) is 8.78 Å². The summed E-state index contributed by atoms with van der Waals surface area (Å²) in [5.74, 6) is -2.41. The smallest absolute Gasteiger partial charge is 0.237 e. The van der Waals surface area contributed by atoms with Crippen LogP contribution in [0.15, 0.2) is 18.2 Å². The first-order valence-corrected chi connectivity index (χ1v) is 7.84. The topological polar surface area (TPSA) is 81.7 Å². The molecule has 8 heteroatoms. The van der Waals surface area contributed by atoms with Crippen LogP contribution in [0.2, 0.25) is 0 Å². The zero-order valence-electron chi connectivity index (χ0n) is 13.2. The van der Waals surface area contributed by atoms with E-state index in [9.17, 15) is 18.4 Å². The van der Waals surface area contributed by atoms with Crippen molar-refractivity contribution >= 4 is 11.8 Å². The third kappa shape index (κ3) is 4.97. The lowest BCUT2D eigenvalue weighted by Crippen LogP contribution is -2.56. The first-order valence-electron chi connectivity index (χ1n) is 7.84. The predicted molar refractivity (Wildman–Crippen MR) is 82.9 cm³/mol. The average molecular weight is 341 g/mol. The van der Waals surface area contributed by atoms with E-state index >= 15 is 0 Å². The third-order valence-corrected chi connectivity index (χ3v) is 3.85. The highest BCUT2D eigenvalue weighted by Gasteiger charge is 2.31. The summed E-state index contributed by atoms with van der Waals surface area (Å²) in [5.41, 5.74) is 0.536. The molecular weight excluding hydrogens is 320 g/mol. The summed E-state index contributed by atoms with van der Waals surface area (Å²) in [6.07, 6.45) is 0.419. The summed E-state index contributed by atoms with van der Waals surface area (Å²) >= 11 is 0. The molecule has 2 rings (SSSR count). The molecule has 1 aromatic rings. The second kappa shape index (κ2) is 8.70. The predicted octanol–water partition coefficient (Wildman–Crippen LogP) is 0.154.